The molecule has 2 N–H and O–H groups in total. The average Bonchev–Trinajstić information content (AvgIpc) is 2.66. The molecule has 3 nitrogen and oxygen atoms in total. The lowest BCUT2D eigenvalue weighted by atomic mass is 10.1. The summed E-state index contributed by atoms with van der Waals surface area (Å²) in [5.74, 6) is -0.236. The van der Waals surface area contributed by atoms with Crippen LogP contribution < -0.4 is 5.73 Å². The van der Waals surface area contributed by atoms with Crippen LogP contribution in [0.1, 0.15) is 10.6 Å². The highest BCUT2D eigenvalue weighted by atomic mass is 32.1. The number of hydrogen-bond acceptors (Lipinski definition) is 4. The maximum atomic E-state index is 12.9. The Bertz CT molecular complexity index is 481. The summed E-state index contributed by atoms with van der Waals surface area (Å²) < 4.78 is 12.9. The van der Waals surface area contributed by atoms with Crippen molar-refractivity contribution in [3.8, 4) is 10.6 Å². The number of aryl methyl sites for hydroxylation is 1. The topological polar surface area (TPSA) is 51.8 Å². The van der Waals surface area contributed by atoms with Gasteiger partial charge in [0.1, 0.15) is 15.8 Å². The van der Waals surface area contributed by atoms with Crippen molar-refractivity contribution in [1.82, 2.24) is 10.2 Å². The second-order valence-electron chi connectivity index (χ2n) is 3.16. The van der Waals surface area contributed by atoms with Crippen LogP contribution in [0.2, 0.25) is 0 Å². The number of hydrogen-bond donors (Lipinski definition) is 1. The molecule has 0 saturated heterocycles. The first-order valence-corrected chi connectivity index (χ1v) is 5.31. The van der Waals surface area contributed by atoms with Gasteiger partial charge in [-0.2, -0.15) is 0 Å². The van der Waals surface area contributed by atoms with Crippen molar-refractivity contribution >= 4 is 11.3 Å². The molecule has 0 bridgehead atoms. The first-order valence-electron chi connectivity index (χ1n) is 4.49. The second kappa shape index (κ2) is 4.04. The van der Waals surface area contributed by atoms with Gasteiger partial charge in [0.2, 0.25) is 0 Å². The van der Waals surface area contributed by atoms with E-state index in [9.17, 15) is 4.39 Å². The summed E-state index contributed by atoms with van der Waals surface area (Å²) in [7, 11) is 0. The number of nitrogens with zero attached hydrogens (tertiary/aromatic N) is 2. The van der Waals surface area contributed by atoms with Gasteiger partial charge in [-0.25, -0.2) is 4.39 Å². The van der Waals surface area contributed by atoms with Gasteiger partial charge in [-0.05, 0) is 30.7 Å². The van der Waals surface area contributed by atoms with Gasteiger partial charge in [-0.1, -0.05) is 11.3 Å². The molecule has 0 unspecified atom stereocenters. The molecule has 1 heterocycles. The SMILES string of the molecule is Cc1cc(F)ccc1-c1nnc(CN)s1. The van der Waals surface area contributed by atoms with Crippen LogP contribution in [-0.4, -0.2) is 10.2 Å². The van der Waals surface area contributed by atoms with Gasteiger partial charge < -0.3 is 5.73 Å². The summed E-state index contributed by atoms with van der Waals surface area (Å²) >= 11 is 1.44. The lowest BCUT2D eigenvalue weighted by Gasteiger charge is -2.00. The maximum Gasteiger partial charge on any atom is 0.148 e. The third-order valence-corrected chi connectivity index (χ3v) is 3.04. The van der Waals surface area contributed by atoms with Crippen LogP contribution in [0, 0.1) is 12.7 Å². The molecule has 0 atom stereocenters. The van der Waals surface area contributed by atoms with Gasteiger partial charge in [0.25, 0.3) is 0 Å². The van der Waals surface area contributed by atoms with Crippen molar-refractivity contribution < 1.29 is 4.39 Å². The standard InChI is InChI=1S/C10H10FN3S/c1-6-4-7(11)2-3-8(6)10-14-13-9(5-12)15-10/h2-4H,5,12H2,1H3. The summed E-state index contributed by atoms with van der Waals surface area (Å²) in [5.41, 5.74) is 7.22. The van der Waals surface area contributed by atoms with Crippen molar-refractivity contribution in [2.45, 2.75) is 13.5 Å². The van der Waals surface area contributed by atoms with Crippen molar-refractivity contribution in [2.75, 3.05) is 0 Å². The van der Waals surface area contributed by atoms with Crippen LogP contribution in [0.4, 0.5) is 4.39 Å². The number of rotatable bonds is 2. The molecule has 0 aliphatic heterocycles. The molecule has 1 aromatic carbocycles. The third kappa shape index (κ3) is 2.03. The van der Waals surface area contributed by atoms with Gasteiger partial charge in [0.05, 0.1) is 0 Å². The van der Waals surface area contributed by atoms with Crippen LogP contribution in [0.25, 0.3) is 10.6 Å². The highest BCUT2D eigenvalue weighted by molar-refractivity contribution is 7.14. The van der Waals surface area contributed by atoms with Crippen LogP contribution in [-0.2, 0) is 6.54 Å². The zero-order valence-corrected chi connectivity index (χ0v) is 9.01. The molecule has 0 saturated carbocycles. The molecule has 2 aromatic rings. The Kier molecular flexibility index (Phi) is 2.75. The lowest BCUT2D eigenvalue weighted by molar-refractivity contribution is 0.627. The van der Waals surface area contributed by atoms with E-state index in [-0.39, 0.29) is 5.82 Å². The first kappa shape index (κ1) is 10.2. The average molecular weight is 223 g/mol. The van der Waals surface area contributed by atoms with E-state index in [0.29, 0.717) is 6.54 Å². The predicted molar refractivity (Wildman–Crippen MR) is 57.9 cm³/mol. The summed E-state index contributed by atoms with van der Waals surface area (Å²) in [6.45, 7) is 2.24. The maximum absolute atomic E-state index is 12.9. The van der Waals surface area contributed by atoms with Crippen LogP contribution in [0.3, 0.4) is 0 Å². The van der Waals surface area contributed by atoms with Crippen LogP contribution >= 0.6 is 11.3 Å². The van der Waals surface area contributed by atoms with Gasteiger partial charge >= 0.3 is 0 Å². The minimum atomic E-state index is -0.236. The predicted octanol–water partition coefficient (Wildman–Crippen LogP) is 2.11. The van der Waals surface area contributed by atoms with E-state index in [1.54, 1.807) is 6.07 Å². The van der Waals surface area contributed by atoms with Crippen molar-refractivity contribution in [2.24, 2.45) is 5.73 Å². The third-order valence-electron chi connectivity index (χ3n) is 2.06. The van der Waals surface area contributed by atoms with Crippen molar-refractivity contribution in [1.29, 1.82) is 0 Å². The Balaban J connectivity index is 2.44. The van der Waals surface area contributed by atoms with Crippen LogP contribution in [0.15, 0.2) is 18.2 Å². The van der Waals surface area contributed by atoms with Crippen molar-refractivity contribution in [3.05, 3.63) is 34.6 Å². The molecule has 78 valence electrons. The summed E-state index contributed by atoms with van der Waals surface area (Å²) in [5, 5.41) is 9.51. The quantitative estimate of drug-likeness (QED) is 0.848. The molecular weight excluding hydrogens is 213 g/mol. The van der Waals surface area contributed by atoms with Gasteiger partial charge in [0.15, 0.2) is 0 Å². The monoisotopic (exact) mass is 223 g/mol. The molecule has 0 aliphatic carbocycles. The number of nitrogens with two attached hydrogens (primary N) is 1. The fourth-order valence-electron chi connectivity index (χ4n) is 1.31. The molecule has 15 heavy (non-hydrogen) atoms. The second-order valence-corrected chi connectivity index (χ2v) is 4.23. The van der Waals surface area contributed by atoms with Gasteiger partial charge in [-0.15, -0.1) is 10.2 Å². The number of benzene rings is 1. The van der Waals surface area contributed by atoms with E-state index >= 15 is 0 Å². The van der Waals surface area contributed by atoms with E-state index < -0.39 is 0 Å². The molecule has 2 rings (SSSR count). The smallest absolute Gasteiger partial charge is 0.148 e. The Labute approximate surface area is 90.8 Å². The minimum Gasteiger partial charge on any atom is -0.324 e. The molecular formula is C10H10FN3S. The van der Waals surface area contributed by atoms with E-state index in [2.05, 4.69) is 10.2 Å². The first-order chi connectivity index (χ1) is 7.20. The van der Waals surface area contributed by atoms with Gasteiger partial charge in [-0.3, -0.25) is 0 Å². The molecule has 0 fully saturated rings. The fraction of sp³-hybridized carbons (Fsp3) is 0.200. The van der Waals surface area contributed by atoms with Crippen molar-refractivity contribution in [3.63, 3.8) is 0 Å². The molecule has 1 aromatic heterocycles. The normalized spacial score (nSPS) is 10.6. The Morgan fingerprint density at radius 3 is 2.80 bits per heavy atom. The minimum absolute atomic E-state index is 0.236. The fourth-order valence-corrected chi connectivity index (χ4v) is 2.12. The highest BCUT2D eigenvalue weighted by Crippen LogP contribution is 2.26. The Morgan fingerprint density at radius 1 is 1.40 bits per heavy atom. The van der Waals surface area contributed by atoms with E-state index in [1.165, 1.54) is 23.5 Å². The zero-order valence-electron chi connectivity index (χ0n) is 8.20. The molecule has 5 heteroatoms. The molecule has 0 aliphatic rings. The lowest BCUT2D eigenvalue weighted by Crippen LogP contribution is -1.94. The van der Waals surface area contributed by atoms with Gasteiger partial charge in [0, 0.05) is 12.1 Å². The molecule has 0 spiro atoms. The molecule has 0 radical (unpaired) electrons. The van der Waals surface area contributed by atoms with E-state index in [4.69, 9.17) is 5.73 Å². The largest absolute Gasteiger partial charge is 0.324 e. The zero-order chi connectivity index (χ0) is 10.8. The number of aromatic nitrogens is 2. The van der Waals surface area contributed by atoms with Crippen LogP contribution in [0.5, 0.6) is 0 Å². The summed E-state index contributed by atoms with van der Waals surface area (Å²) in [6, 6.07) is 4.62. The Morgan fingerprint density at radius 2 is 2.20 bits per heavy atom. The summed E-state index contributed by atoms with van der Waals surface area (Å²) in [4.78, 5) is 0. The molecule has 0 amide bonds. The van der Waals surface area contributed by atoms with E-state index in [0.717, 1.165) is 21.1 Å². The number of halogens is 1. The highest BCUT2D eigenvalue weighted by Gasteiger charge is 2.08. The summed E-state index contributed by atoms with van der Waals surface area (Å²) in [6.07, 6.45) is 0. The Hall–Kier alpha value is -1.33. The van der Waals surface area contributed by atoms with E-state index in [1.807, 2.05) is 6.92 Å².